The number of thiophene rings is 1. The number of esters is 1. The Labute approximate surface area is 102 Å². The zero-order chi connectivity index (χ0) is 11.3. The highest BCUT2D eigenvalue weighted by Gasteiger charge is 2.10. The maximum atomic E-state index is 11.1. The summed E-state index contributed by atoms with van der Waals surface area (Å²) < 4.78 is 5.73. The molecule has 0 spiro atoms. The van der Waals surface area contributed by atoms with Crippen LogP contribution in [0.1, 0.15) is 11.8 Å². The van der Waals surface area contributed by atoms with E-state index in [0.29, 0.717) is 6.54 Å². The first-order valence-corrected chi connectivity index (χ1v) is 6.35. The Morgan fingerprint density at radius 1 is 1.67 bits per heavy atom. The SMILES string of the molecule is CCN(CC(=O)OC)Cc1cc(Br)cs1. The van der Waals surface area contributed by atoms with Crippen molar-refractivity contribution in [2.45, 2.75) is 13.5 Å². The first-order valence-electron chi connectivity index (χ1n) is 4.67. The van der Waals surface area contributed by atoms with Crippen LogP contribution >= 0.6 is 27.3 Å². The van der Waals surface area contributed by atoms with Crippen LogP contribution in [0.25, 0.3) is 0 Å². The van der Waals surface area contributed by atoms with E-state index in [9.17, 15) is 4.79 Å². The lowest BCUT2D eigenvalue weighted by molar-refractivity contribution is -0.142. The fraction of sp³-hybridized carbons (Fsp3) is 0.500. The fourth-order valence-electron chi connectivity index (χ4n) is 1.18. The summed E-state index contributed by atoms with van der Waals surface area (Å²) in [6.45, 7) is 4.01. The van der Waals surface area contributed by atoms with Crippen molar-refractivity contribution in [1.82, 2.24) is 4.90 Å². The molecule has 0 saturated carbocycles. The number of methoxy groups -OCH3 is 1. The van der Waals surface area contributed by atoms with Crippen LogP contribution < -0.4 is 0 Å². The highest BCUT2D eigenvalue weighted by molar-refractivity contribution is 9.10. The third-order valence-corrected chi connectivity index (χ3v) is 3.71. The first kappa shape index (κ1) is 12.7. The number of carbonyl (C=O) groups is 1. The molecule has 0 fully saturated rings. The van der Waals surface area contributed by atoms with E-state index in [2.05, 4.69) is 26.7 Å². The topological polar surface area (TPSA) is 29.5 Å². The summed E-state index contributed by atoms with van der Waals surface area (Å²) >= 11 is 5.10. The van der Waals surface area contributed by atoms with Crippen molar-refractivity contribution in [1.29, 1.82) is 0 Å². The molecule has 0 aliphatic rings. The summed E-state index contributed by atoms with van der Waals surface area (Å²) in [7, 11) is 1.41. The minimum atomic E-state index is -0.188. The van der Waals surface area contributed by atoms with Gasteiger partial charge in [-0.3, -0.25) is 9.69 Å². The van der Waals surface area contributed by atoms with Crippen LogP contribution in [-0.2, 0) is 16.1 Å². The molecule has 0 saturated heterocycles. The van der Waals surface area contributed by atoms with Gasteiger partial charge in [0.15, 0.2) is 0 Å². The van der Waals surface area contributed by atoms with Crippen LogP contribution in [0.5, 0.6) is 0 Å². The minimum absolute atomic E-state index is 0.188. The van der Waals surface area contributed by atoms with Crippen LogP contribution in [-0.4, -0.2) is 31.1 Å². The third kappa shape index (κ3) is 4.32. The molecule has 0 aromatic carbocycles. The van der Waals surface area contributed by atoms with Crippen molar-refractivity contribution >= 4 is 33.2 Å². The van der Waals surface area contributed by atoms with Crippen molar-refractivity contribution in [2.24, 2.45) is 0 Å². The molecule has 0 bridgehead atoms. The van der Waals surface area contributed by atoms with E-state index in [1.165, 1.54) is 12.0 Å². The second-order valence-corrected chi connectivity index (χ2v) is 5.02. The molecule has 0 aliphatic heterocycles. The standard InChI is InChI=1S/C10H14BrNO2S/c1-3-12(6-10(13)14-2)5-9-4-8(11)7-15-9/h4,7H,3,5-6H2,1-2H3. The maximum Gasteiger partial charge on any atom is 0.319 e. The van der Waals surface area contributed by atoms with E-state index in [1.54, 1.807) is 11.3 Å². The van der Waals surface area contributed by atoms with E-state index in [1.807, 2.05) is 17.2 Å². The normalized spacial score (nSPS) is 10.7. The molecule has 0 N–H and O–H groups in total. The van der Waals surface area contributed by atoms with Gasteiger partial charge in [-0.15, -0.1) is 11.3 Å². The van der Waals surface area contributed by atoms with Gasteiger partial charge in [0.1, 0.15) is 0 Å². The molecule has 84 valence electrons. The minimum Gasteiger partial charge on any atom is -0.468 e. The van der Waals surface area contributed by atoms with E-state index in [0.717, 1.165) is 17.6 Å². The van der Waals surface area contributed by atoms with Crippen molar-refractivity contribution in [3.05, 3.63) is 20.8 Å². The van der Waals surface area contributed by atoms with E-state index in [4.69, 9.17) is 0 Å². The lowest BCUT2D eigenvalue weighted by Gasteiger charge is -2.17. The number of rotatable bonds is 5. The highest BCUT2D eigenvalue weighted by Crippen LogP contribution is 2.20. The molecule has 15 heavy (non-hydrogen) atoms. The van der Waals surface area contributed by atoms with Gasteiger partial charge in [0.2, 0.25) is 0 Å². The molecule has 0 amide bonds. The largest absolute Gasteiger partial charge is 0.468 e. The molecular formula is C10H14BrNO2S. The van der Waals surface area contributed by atoms with Crippen LogP contribution in [0.15, 0.2) is 15.9 Å². The summed E-state index contributed by atoms with van der Waals surface area (Å²) in [5.41, 5.74) is 0. The van der Waals surface area contributed by atoms with Gasteiger partial charge in [0, 0.05) is 21.3 Å². The quantitative estimate of drug-likeness (QED) is 0.781. The van der Waals surface area contributed by atoms with Gasteiger partial charge in [-0.1, -0.05) is 6.92 Å². The van der Waals surface area contributed by atoms with Gasteiger partial charge in [0.25, 0.3) is 0 Å². The highest BCUT2D eigenvalue weighted by atomic mass is 79.9. The summed E-state index contributed by atoms with van der Waals surface area (Å²) in [6.07, 6.45) is 0. The summed E-state index contributed by atoms with van der Waals surface area (Å²) in [5.74, 6) is -0.188. The lowest BCUT2D eigenvalue weighted by atomic mass is 10.4. The fourth-order valence-corrected chi connectivity index (χ4v) is 2.68. The number of likely N-dealkylation sites (N-methyl/N-ethyl adjacent to an activating group) is 1. The molecule has 0 radical (unpaired) electrons. The van der Waals surface area contributed by atoms with Gasteiger partial charge in [-0.05, 0) is 28.5 Å². The van der Waals surface area contributed by atoms with Gasteiger partial charge in [-0.25, -0.2) is 0 Å². The molecule has 3 nitrogen and oxygen atoms in total. The third-order valence-electron chi connectivity index (χ3n) is 2.03. The average molecular weight is 292 g/mol. The Hall–Kier alpha value is -0.390. The number of ether oxygens (including phenoxy) is 1. The molecular weight excluding hydrogens is 278 g/mol. The number of nitrogens with zero attached hydrogens (tertiary/aromatic N) is 1. The van der Waals surface area contributed by atoms with Crippen molar-refractivity contribution in [2.75, 3.05) is 20.2 Å². The molecule has 0 aliphatic carbocycles. The summed E-state index contributed by atoms with van der Waals surface area (Å²) in [5, 5.41) is 2.04. The monoisotopic (exact) mass is 291 g/mol. The van der Waals surface area contributed by atoms with Crippen LogP contribution in [0, 0.1) is 0 Å². The molecule has 5 heteroatoms. The average Bonchev–Trinajstić information content (AvgIpc) is 2.62. The second-order valence-electron chi connectivity index (χ2n) is 3.11. The number of hydrogen-bond acceptors (Lipinski definition) is 4. The van der Waals surface area contributed by atoms with Crippen LogP contribution in [0.2, 0.25) is 0 Å². The Kier molecular flexibility index (Phi) is 5.28. The first-order chi connectivity index (χ1) is 7.15. The van der Waals surface area contributed by atoms with Crippen molar-refractivity contribution < 1.29 is 9.53 Å². The molecule has 0 atom stereocenters. The zero-order valence-electron chi connectivity index (χ0n) is 8.83. The number of carbonyl (C=O) groups excluding carboxylic acids is 1. The van der Waals surface area contributed by atoms with Gasteiger partial charge < -0.3 is 4.74 Å². The van der Waals surface area contributed by atoms with Crippen LogP contribution in [0.3, 0.4) is 0 Å². The predicted molar refractivity (Wildman–Crippen MR) is 65.0 cm³/mol. The Morgan fingerprint density at radius 2 is 2.40 bits per heavy atom. The van der Waals surface area contributed by atoms with E-state index in [-0.39, 0.29) is 5.97 Å². The smallest absolute Gasteiger partial charge is 0.319 e. The Bertz CT molecular complexity index is 327. The maximum absolute atomic E-state index is 11.1. The van der Waals surface area contributed by atoms with E-state index < -0.39 is 0 Å². The van der Waals surface area contributed by atoms with Gasteiger partial charge in [0.05, 0.1) is 13.7 Å². The predicted octanol–water partition coefficient (Wildman–Crippen LogP) is 2.51. The molecule has 1 rings (SSSR count). The lowest BCUT2D eigenvalue weighted by Crippen LogP contribution is -2.29. The van der Waals surface area contributed by atoms with Gasteiger partial charge in [-0.2, -0.15) is 0 Å². The van der Waals surface area contributed by atoms with Gasteiger partial charge >= 0.3 is 5.97 Å². The van der Waals surface area contributed by atoms with Crippen molar-refractivity contribution in [3.63, 3.8) is 0 Å². The molecule has 0 unspecified atom stereocenters. The van der Waals surface area contributed by atoms with Crippen LogP contribution in [0.4, 0.5) is 0 Å². The van der Waals surface area contributed by atoms with Crippen molar-refractivity contribution in [3.8, 4) is 0 Å². The van der Waals surface area contributed by atoms with E-state index >= 15 is 0 Å². The summed E-state index contributed by atoms with van der Waals surface area (Å²) in [6, 6.07) is 2.07. The number of halogens is 1. The Morgan fingerprint density at radius 3 is 2.87 bits per heavy atom. The summed E-state index contributed by atoms with van der Waals surface area (Å²) in [4.78, 5) is 14.4. The molecule has 1 heterocycles. The Balaban J connectivity index is 2.50. The molecule has 1 aromatic heterocycles. The zero-order valence-corrected chi connectivity index (χ0v) is 11.2. The second kappa shape index (κ2) is 6.25. The molecule has 1 aromatic rings. The number of hydrogen-bond donors (Lipinski definition) is 0.